The highest BCUT2D eigenvalue weighted by Gasteiger charge is 2.20. The molecule has 0 spiro atoms. The molecule has 0 aliphatic carbocycles. The normalized spacial score (nSPS) is 14.8. The van der Waals surface area contributed by atoms with Crippen molar-refractivity contribution in [3.8, 4) is 22.5 Å². The van der Waals surface area contributed by atoms with Crippen molar-refractivity contribution >= 4 is 22.4 Å². The van der Waals surface area contributed by atoms with Gasteiger partial charge in [0, 0.05) is 42.2 Å². The minimum atomic E-state index is -0.542. The van der Waals surface area contributed by atoms with Crippen LogP contribution < -0.4 is 10.6 Å². The van der Waals surface area contributed by atoms with Crippen LogP contribution in [0.3, 0.4) is 0 Å². The number of H-pyrrole nitrogens is 1. The Morgan fingerprint density at radius 3 is 2.75 bits per heavy atom. The van der Waals surface area contributed by atoms with Gasteiger partial charge >= 0.3 is 0 Å². The van der Waals surface area contributed by atoms with Crippen molar-refractivity contribution in [1.82, 2.24) is 20.2 Å². The average Bonchev–Trinajstić information content (AvgIpc) is 3.23. The van der Waals surface area contributed by atoms with Gasteiger partial charge in [0.15, 0.2) is 0 Å². The van der Waals surface area contributed by atoms with E-state index in [1.165, 1.54) is 6.07 Å². The van der Waals surface area contributed by atoms with Crippen LogP contribution in [0.5, 0.6) is 0 Å². The van der Waals surface area contributed by atoms with E-state index in [4.69, 9.17) is 10.7 Å². The zero-order chi connectivity index (χ0) is 22.2. The Hall–Kier alpha value is -3.92. The Morgan fingerprint density at radius 2 is 1.97 bits per heavy atom. The summed E-state index contributed by atoms with van der Waals surface area (Å²) in [6, 6.07) is 8.92. The van der Waals surface area contributed by atoms with Gasteiger partial charge in [-0.05, 0) is 36.6 Å². The molecule has 3 heterocycles. The van der Waals surface area contributed by atoms with Gasteiger partial charge < -0.3 is 10.6 Å². The molecule has 2 aromatic carbocycles. The minimum absolute atomic E-state index is 0.151. The van der Waals surface area contributed by atoms with Crippen LogP contribution in [0.25, 0.3) is 33.4 Å². The first-order valence-corrected chi connectivity index (χ1v) is 10.2. The zero-order valence-electron chi connectivity index (χ0n) is 17.0. The van der Waals surface area contributed by atoms with E-state index in [1.54, 1.807) is 30.6 Å². The Bertz CT molecular complexity index is 1310. The van der Waals surface area contributed by atoms with Gasteiger partial charge in [-0.15, -0.1) is 0 Å². The third kappa shape index (κ3) is 3.65. The van der Waals surface area contributed by atoms with E-state index < -0.39 is 10.7 Å². The molecule has 0 amide bonds. The van der Waals surface area contributed by atoms with Gasteiger partial charge in [-0.3, -0.25) is 20.2 Å². The molecule has 0 unspecified atom stereocenters. The highest BCUT2D eigenvalue weighted by Crippen LogP contribution is 2.33. The number of fused-ring (bicyclic) bond motifs is 1. The monoisotopic (exact) mass is 433 g/mol. The quantitative estimate of drug-likeness (QED) is 0.371. The molecule has 0 atom stereocenters. The van der Waals surface area contributed by atoms with Crippen LogP contribution >= 0.6 is 0 Å². The number of aromatic nitrogens is 4. The topological polar surface area (TPSA) is 127 Å². The maximum absolute atomic E-state index is 14.5. The first-order chi connectivity index (χ1) is 15.5. The van der Waals surface area contributed by atoms with Crippen molar-refractivity contribution < 1.29 is 9.31 Å². The lowest BCUT2D eigenvalue weighted by atomic mass is 10.0. The fourth-order valence-corrected chi connectivity index (χ4v) is 3.98. The van der Waals surface area contributed by atoms with Crippen LogP contribution in [0.2, 0.25) is 0 Å². The number of nitrogens with zero attached hydrogens (tertiary/aromatic N) is 5. The van der Waals surface area contributed by atoms with Crippen molar-refractivity contribution in [2.75, 3.05) is 18.0 Å². The summed E-state index contributed by atoms with van der Waals surface area (Å²) in [6.07, 6.45) is 5.15. The minimum Gasteiger partial charge on any atom is -0.355 e. The van der Waals surface area contributed by atoms with Gasteiger partial charge in [-0.25, -0.2) is 9.37 Å². The summed E-state index contributed by atoms with van der Waals surface area (Å²) in [5, 5.41) is 19.2. The predicted octanol–water partition coefficient (Wildman–Crippen LogP) is 3.66. The van der Waals surface area contributed by atoms with E-state index in [0.717, 1.165) is 54.8 Å². The lowest BCUT2D eigenvalue weighted by Gasteiger charge is -2.30. The molecule has 162 valence electrons. The van der Waals surface area contributed by atoms with Crippen molar-refractivity contribution in [2.45, 2.75) is 18.9 Å². The van der Waals surface area contributed by atoms with Gasteiger partial charge in [-0.1, -0.05) is 6.07 Å². The maximum Gasteiger partial charge on any atom is 0.270 e. The molecular formula is C22H20FN7O2. The third-order valence-corrected chi connectivity index (χ3v) is 5.76. The largest absolute Gasteiger partial charge is 0.355 e. The lowest BCUT2D eigenvalue weighted by molar-refractivity contribution is -0.384. The van der Waals surface area contributed by atoms with Gasteiger partial charge in [0.05, 0.1) is 22.8 Å². The number of hydrogen-bond donors (Lipinski definition) is 2. The number of hydrogen-bond acceptors (Lipinski definition) is 7. The fourth-order valence-electron chi connectivity index (χ4n) is 3.98. The number of aromatic amines is 1. The molecule has 4 aromatic rings. The van der Waals surface area contributed by atoms with Gasteiger partial charge in [0.25, 0.3) is 5.69 Å². The molecule has 0 bridgehead atoms. The first-order valence-electron chi connectivity index (χ1n) is 10.2. The molecule has 10 heteroatoms. The summed E-state index contributed by atoms with van der Waals surface area (Å²) in [5.74, 6) is 0.219. The van der Waals surface area contributed by atoms with E-state index in [9.17, 15) is 14.5 Å². The highest BCUT2D eigenvalue weighted by molar-refractivity contribution is 5.95. The van der Waals surface area contributed by atoms with Gasteiger partial charge in [0.2, 0.25) is 0 Å². The number of nitrogens with two attached hydrogens (primary N) is 1. The van der Waals surface area contributed by atoms with E-state index in [1.807, 2.05) is 0 Å². The zero-order valence-corrected chi connectivity index (χ0v) is 17.0. The third-order valence-electron chi connectivity index (χ3n) is 5.76. The predicted molar refractivity (Wildman–Crippen MR) is 119 cm³/mol. The summed E-state index contributed by atoms with van der Waals surface area (Å²) >= 11 is 0. The van der Waals surface area contributed by atoms with Crippen LogP contribution in [0.1, 0.15) is 12.8 Å². The Balaban J connectivity index is 1.55. The Kier molecular flexibility index (Phi) is 4.98. The second-order valence-corrected chi connectivity index (χ2v) is 7.84. The SMILES string of the molecule is NC1CCN(c2cncc(-c3n[nH]c4ccc(-c5cc([N+](=O)[O-])ccc5F)cc34)n2)CC1. The standard InChI is InChI=1S/C22H20FN7O2/c23-18-3-2-15(30(31)32)10-16(18)13-1-4-19-17(9-13)22(28-27-19)20-11-25-12-21(26-20)29-7-5-14(24)6-8-29/h1-4,9-12,14H,5-8,24H2,(H,27,28). The van der Waals surface area contributed by atoms with Crippen LogP contribution in [0.15, 0.2) is 48.8 Å². The van der Waals surface area contributed by atoms with E-state index in [2.05, 4.69) is 20.1 Å². The van der Waals surface area contributed by atoms with Crippen LogP contribution in [-0.4, -0.2) is 44.2 Å². The summed E-state index contributed by atoms with van der Waals surface area (Å²) in [4.78, 5) is 21.8. The first kappa shape index (κ1) is 20.0. The molecule has 1 fully saturated rings. The van der Waals surface area contributed by atoms with Crippen LogP contribution in [0, 0.1) is 15.9 Å². The van der Waals surface area contributed by atoms with Crippen LogP contribution in [-0.2, 0) is 0 Å². The molecule has 1 aliphatic heterocycles. The van der Waals surface area contributed by atoms with E-state index in [0.29, 0.717) is 17.0 Å². The Labute approximate surface area is 182 Å². The average molecular weight is 433 g/mol. The van der Waals surface area contributed by atoms with Crippen molar-refractivity contribution in [3.63, 3.8) is 0 Å². The number of non-ortho nitro benzene ring substituents is 1. The molecule has 1 saturated heterocycles. The van der Waals surface area contributed by atoms with Gasteiger partial charge in [0.1, 0.15) is 23.0 Å². The summed E-state index contributed by atoms with van der Waals surface area (Å²) < 4.78 is 14.5. The molecule has 3 N–H and O–H groups in total. The molecule has 9 nitrogen and oxygen atoms in total. The van der Waals surface area contributed by atoms with Crippen LogP contribution in [0.4, 0.5) is 15.9 Å². The molecule has 32 heavy (non-hydrogen) atoms. The Morgan fingerprint density at radius 1 is 1.16 bits per heavy atom. The maximum atomic E-state index is 14.5. The van der Waals surface area contributed by atoms with Crippen molar-refractivity contribution in [2.24, 2.45) is 5.73 Å². The molecule has 0 saturated carbocycles. The van der Waals surface area contributed by atoms with Crippen molar-refractivity contribution in [1.29, 1.82) is 0 Å². The second kappa shape index (κ2) is 7.97. The van der Waals surface area contributed by atoms with E-state index >= 15 is 0 Å². The van der Waals surface area contributed by atoms with Crippen molar-refractivity contribution in [3.05, 3.63) is 64.7 Å². The molecular weight excluding hydrogens is 413 g/mol. The number of anilines is 1. The smallest absolute Gasteiger partial charge is 0.270 e. The summed E-state index contributed by atoms with van der Waals surface area (Å²) in [6.45, 7) is 1.63. The summed E-state index contributed by atoms with van der Waals surface area (Å²) in [7, 11) is 0. The molecule has 2 aromatic heterocycles. The number of rotatable bonds is 4. The number of nitrogens with one attached hydrogen (secondary N) is 1. The number of benzene rings is 2. The summed E-state index contributed by atoms with van der Waals surface area (Å²) in [5.41, 5.74) is 8.39. The molecule has 1 aliphatic rings. The number of halogens is 1. The highest BCUT2D eigenvalue weighted by atomic mass is 19.1. The fraction of sp³-hybridized carbons (Fsp3) is 0.227. The lowest BCUT2D eigenvalue weighted by Crippen LogP contribution is -2.40. The molecule has 0 radical (unpaired) electrons. The van der Waals surface area contributed by atoms with Gasteiger partial charge in [-0.2, -0.15) is 5.10 Å². The van der Waals surface area contributed by atoms with E-state index in [-0.39, 0.29) is 17.3 Å². The number of nitro benzene ring substituents is 1. The molecule has 5 rings (SSSR count). The second-order valence-electron chi connectivity index (χ2n) is 7.84. The number of piperidine rings is 1. The number of nitro groups is 1.